The first-order valence-corrected chi connectivity index (χ1v) is 7.63. The molecule has 2 rings (SSSR count). The highest BCUT2D eigenvalue weighted by Gasteiger charge is 2.29. The number of nitrogens with one attached hydrogen (secondary N) is 1. The summed E-state index contributed by atoms with van der Waals surface area (Å²) in [5, 5.41) is 13.5. The summed E-state index contributed by atoms with van der Waals surface area (Å²) >= 11 is 6.06. The van der Waals surface area contributed by atoms with Crippen molar-refractivity contribution < 1.29 is 14.7 Å². The predicted octanol–water partition coefficient (Wildman–Crippen LogP) is 3.39. The van der Waals surface area contributed by atoms with Crippen LogP contribution in [-0.4, -0.2) is 26.6 Å². The van der Waals surface area contributed by atoms with E-state index in [2.05, 4.69) is 37.2 Å². The summed E-state index contributed by atoms with van der Waals surface area (Å²) in [6, 6.07) is 13.2. The van der Waals surface area contributed by atoms with E-state index in [0.29, 0.717) is 5.69 Å². The number of anilines is 1. The van der Waals surface area contributed by atoms with E-state index in [1.54, 1.807) is 6.07 Å². The fourth-order valence-electron chi connectivity index (χ4n) is 1.79. The number of alkyl halides is 2. The third-order valence-electron chi connectivity index (χ3n) is 2.79. The number of carbonyl (C=O) groups excluding carboxylic acids is 1. The lowest BCUT2D eigenvalue weighted by Gasteiger charge is -2.14. The summed E-state index contributed by atoms with van der Waals surface area (Å²) < 4.78 is 0. The molecule has 2 aromatic carbocycles. The van der Waals surface area contributed by atoms with Gasteiger partial charge in [0.1, 0.15) is 9.65 Å². The Morgan fingerprint density at radius 2 is 1.65 bits per heavy atom. The lowest BCUT2D eigenvalue weighted by Crippen LogP contribution is -2.34. The van der Waals surface area contributed by atoms with Crippen LogP contribution < -0.4 is 5.32 Å². The van der Waals surface area contributed by atoms with Gasteiger partial charge in [-0.2, -0.15) is 0 Å². The maximum absolute atomic E-state index is 12.1. The molecule has 0 aromatic heterocycles. The fraction of sp³-hybridized carbons (Fsp3) is 0.143. The largest absolute Gasteiger partial charge is 0.480 e. The maximum atomic E-state index is 12.1. The smallest absolute Gasteiger partial charge is 0.318 e. The molecule has 104 valence electrons. The van der Waals surface area contributed by atoms with Crippen molar-refractivity contribution in [3.8, 4) is 0 Å². The minimum atomic E-state index is -1.10. The van der Waals surface area contributed by atoms with E-state index in [1.807, 2.05) is 36.4 Å². The molecule has 0 aliphatic rings. The summed E-state index contributed by atoms with van der Waals surface area (Å²) in [6.45, 7) is 0. The zero-order valence-electron chi connectivity index (χ0n) is 10.2. The van der Waals surface area contributed by atoms with Gasteiger partial charge in [0.15, 0.2) is 0 Å². The number of aliphatic carboxylic acids is 1. The molecule has 0 heterocycles. The lowest BCUT2D eigenvalue weighted by atomic mass is 10.1. The predicted molar refractivity (Wildman–Crippen MR) is 85.6 cm³/mol. The molecule has 2 N–H and O–H groups in total. The number of halogens is 2. The Labute approximate surface area is 132 Å². The molecule has 0 unspecified atom stereocenters. The van der Waals surface area contributed by atoms with E-state index in [9.17, 15) is 9.59 Å². The zero-order valence-corrected chi connectivity index (χ0v) is 13.4. The molecule has 0 aliphatic heterocycles. The van der Waals surface area contributed by atoms with Crippen molar-refractivity contribution in [3.05, 3.63) is 42.5 Å². The van der Waals surface area contributed by atoms with Crippen LogP contribution in [0.1, 0.15) is 0 Å². The first-order valence-electron chi connectivity index (χ1n) is 5.80. The van der Waals surface area contributed by atoms with E-state index < -0.39 is 21.5 Å². The molecule has 2 aromatic rings. The number of fused-ring (bicyclic) bond motifs is 1. The van der Waals surface area contributed by atoms with Gasteiger partial charge in [0, 0.05) is 11.1 Å². The Kier molecular flexibility index (Phi) is 4.77. The van der Waals surface area contributed by atoms with Gasteiger partial charge in [-0.3, -0.25) is 9.59 Å². The average molecular weight is 401 g/mol. The monoisotopic (exact) mass is 399 g/mol. The number of hydrogen-bond donors (Lipinski definition) is 2. The second-order valence-electron chi connectivity index (χ2n) is 4.16. The summed E-state index contributed by atoms with van der Waals surface area (Å²) in [4.78, 5) is 21.1. The molecule has 0 radical (unpaired) electrons. The van der Waals surface area contributed by atoms with E-state index in [1.165, 1.54) is 0 Å². The molecule has 0 fully saturated rings. The van der Waals surface area contributed by atoms with Crippen LogP contribution in [0, 0.1) is 0 Å². The number of benzene rings is 2. The van der Waals surface area contributed by atoms with Crippen LogP contribution in [0.25, 0.3) is 10.8 Å². The van der Waals surface area contributed by atoms with Crippen molar-refractivity contribution in [3.63, 3.8) is 0 Å². The molecule has 20 heavy (non-hydrogen) atoms. The highest BCUT2D eigenvalue weighted by Crippen LogP contribution is 2.24. The summed E-state index contributed by atoms with van der Waals surface area (Å²) in [6.07, 6.45) is 0. The molecule has 0 saturated heterocycles. The van der Waals surface area contributed by atoms with Crippen molar-refractivity contribution in [1.82, 2.24) is 0 Å². The first kappa shape index (κ1) is 15.0. The molecule has 0 bridgehead atoms. The Morgan fingerprint density at radius 3 is 2.35 bits per heavy atom. The van der Waals surface area contributed by atoms with E-state index >= 15 is 0 Å². The van der Waals surface area contributed by atoms with Crippen molar-refractivity contribution in [2.75, 3.05) is 5.32 Å². The summed E-state index contributed by atoms with van der Waals surface area (Å²) in [5.41, 5.74) is 0.655. The van der Waals surface area contributed by atoms with Gasteiger partial charge in [0.2, 0.25) is 5.91 Å². The van der Waals surface area contributed by atoms with Crippen molar-refractivity contribution in [2.45, 2.75) is 9.65 Å². The second-order valence-corrected chi connectivity index (χ2v) is 6.13. The van der Waals surface area contributed by atoms with E-state index in [4.69, 9.17) is 5.11 Å². The Balaban J connectivity index is 2.24. The van der Waals surface area contributed by atoms with Crippen LogP contribution in [0.4, 0.5) is 5.69 Å². The zero-order chi connectivity index (χ0) is 14.7. The fourth-order valence-corrected chi connectivity index (χ4v) is 2.37. The molecule has 6 heteroatoms. The van der Waals surface area contributed by atoms with Crippen LogP contribution in [0.2, 0.25) is 0 Å². The van der Waals surface area contributed by atoms with Gasteiger partial charge in [-0.25, -0.2) is 0 Å². The molecule has 0 spiro atoms. The van der Waals surface area contributed by atoms with Gasteiger partial charge in [0.05, 0.1) is 0 Å². The highest BCUT2D eigenvalue weighted by molar-refractivity contribution is 9.12. The number of hydrogen-bond acceptors (Lipinski definition) is 2. The van der Waals surface area contributed by atoms with Crippen molar-refractivity contribution >= 4 is 60.2 Å². The van der Waals surface area contributed by atoms with E-state index in [0.717, 1.165) is 10.8 Å². The molecule has 4 nitrogen and oxygen atoms in total. The number of carbonyl (C=O) groups is 2. The third-order valence-corrected chi connectivity index (χ3v) is 5.37. The van der Waals surface area contributed by atoms with Crippen molar-refractivity contribution in [1.29, 1.82) is 0 Å². The Morgan fingerprint density at radius 1 is 1.00 bits per heavy atom. The normalized spacial score (nSPS) is 13.7. The second kappa shape index (κ2) is 6.37. The Hall–Kier alpha value is -1.40. The van der Waals surface area contributed by atoms with E-state index in [-0.39, 0.29) is 0 Å². The molecular formula is C14H11Br2NO3. The number of rotatable bonds is 4. The molecule has 1 amide bonds. The van der Waals surface area contributed by atoms with Crippen LogP contribution >= 0.6 is 31.9 Å². The average Bonchev–Trinajstić information content (AvgIpc) is 2.46. The maximum Gasteiger partial charge on any atom is 0.318 e. The lowest BCUT2D eigenvalue weighted by molar-refractivity contribution is -0.137. The quantitative estimate of drug-likeness (QED) is 0.773. The minimum absolute atomic E-state index is 0.411. The van der Waals surface area contributed by atoms with Crippen LogP contribution in [0.15, 0.2) is 42.5 Å². The van der Waals surface area contributed by atoms with Gasteiger partial charge < -0.3 is 10.4 Å². The number of carboxylic acids is 1. The topological polar surface area (TPSA) is 66.4 Å². The number of amides is 1. The van der Waals surface area contributed by atoms with Gasteiger partial charge in [-0.05, 0) is 11.5 Å². The van der Waals surface area contributed by atoms with Crippen LogP contribution in [0.5, 0.6) is 0 Å². The first-order chi connectivity index (χ1) is 9.50. The number of carboxylic acid groups (broad SMARTS) is 1. The molecule has 0 saturated carbocycles. The molecule has 2 atom stereocenters. The highest BCUT2D eigenvalue weighted by atomic mass is 79.9. The summed E-state index contributed by atoms with van der Waals surface area (Å²) in [5.74, 6) is -1.51. The summed E-state index contributed by atoms with van der Waals surface area (Å²) in [7, 11) is 0. The van der Waals surface area contributed by atoms with Crippen molar-refractivity contribution in [2.24, 2.45) is 0 Å². The van der Waals surface area contributed by atoms with Gasteiger partial charge in [-0.1, -0.05) is 68.3 Å². The van der Waals surface area contributed by atoms with Gasteiger partial charge in [-0.15, -0.1) is 0 Å². The molecule has 0 aliphatic carbocycles. The molecular weight excluding hydrogens is 390 g/mol. The van der Waals surface area contributed by atoms with Crippen LogP contribution in [0.3, 0.4) is 0 Å². The third kappa shape index (κ3) is 3.19. The standard InChI is InChI=1S/C14H11Br2NO3/c15-11(12(16)14(19)20)13(18)17-10-7-3-5-8-4-1-2-6-9(8)10/h1-7,11-12H,(H,17,18)(H,19,20)/t11-,12-/m0/s1. The van der Waals surface area contributed by atoms with Crippen LogP contribution in [-0.2, 0) is 9.59 Å². The Bertz CT molecular complexity index is 654. The SMILES string of the molecule is O=C(O)[C@@H](Br)[C@H](Br)C(=O)Nc1cccc2ccccc12. The van der Waals surface area contributed by atoms with Gasteiger partial charge >= 0.3 is 5.97 Å². The minimum Gasteiger partial charge on any atom is -0.480 e. The van der Waals surface area contributed by atoms with Gasteiger partial charge in [0.25, 0.3) is 0 Å².